The highest BCUT2D eigenvalue weighted by Gasteiger charge is 2.37. The largest absolute Gasteiger partial charge is 0.344 e. The third-order valence-electron chi connectivity index (χ3n) is 5.74. The van der Waals surface area contributed by atoms with Gasteiger partial charge in [-0.2, -0.15) is 0 Å². The Labute approximate surface area is 167 Å². The molecule has 0 aliphatic carbocycles. The lowest BCUT2D eigenvalue weighted by atomic mass is 9.81. The van der Waals surface area contributed by atoms with Gasteiger partial charge >= 0.3 is 0 Å². The molecular formula is C22H30ClN3O. The Kier molecular flexibility index (Phi) is 5.95. The first-order valence-electron chi connectivity index (χ1n) is 9.84. The minimum Gasteiger partial charge on any atom is -0.344 e. The summed E-state index contributed by atoms with van der Waals surface area (Å²) in [6.45, 7) is 9.24. The van der Waals surface area contributed by atoms with Crippen molar-refractivity contribution in [1.82, 2.24) is 14.9 Å². The fourth-order valence-corrected chi connectivity index (χ4v) is 3.79. The number of carbonyl (C=O) groups excluding carboxylic acids is 1. The van der Waals surface area contributed by atoms with E-state index in [0.717, 1.165) is 48.8 Å². The van der Waals surface area contributed by atoms with Crippen molar-refractivity contribution in [3.05, 3.63) is 52.6 Å². The highest BCUT2D eigenvalue weighted by molar-refractivity contribution is 6.30. The number of aromatic amines is 1. The minimum atomic E-state index is -0.0322. The molecule has 146 valence electrons. The molecule has 2 heterocycles. The van der Waals surface area contributed by atoms with Gasteiger partial charge in [-0.05, 0) is 48.8 Å². The molecule has 4 nitrogen and oxygen atoms in total. The number of rotatable bonds is 5. The summed E-state index contributed by atoms with van der Waals surface area (Å²) in [7, 11) is 0. The molecule has 1 aliphatic heterocycles. The number of aryl methyl sites for hydroxylation is 2. The first kappa shape index (κ1) is 19.9. The van der Waals surface area contributed by atoms with Gasteiger partial charge in [-0.3, -0.25) is 4.79 Å². The van der Waals surface area contributed by atoms with Crippen LogP contribution in [0.1, 0.15) is 63.7 Å². The maximum absolute atomic E-state index is 13.0. The molecule has 1 aromatic carbocycles. The summed E-state index contributed by atoms with van der Waals surface area (Å²) in [6, 6.07) is 8.04. The predicted molar refractivity (Wildman–Crippen MR) is 110 cm³/mol. The van der Waals surface area contributed by atoms with E-state index in [2.05, 4.69) is 36.8 Å². The lowest BCUT2D eigenvalue weighted by Gasteiger charge is -2.32. The summed E-state index contributed by atoms with van der Waals surface area (Å²) in [4.78, 5) is 23.1. The highest BCUT2D eigenvalue weighted by Crippen LogP contribution is 2.35. The molecule has 2 aromatic rings. The van der Waals surface area contributed by atoms with Crippen LogP contribution in [0.2, 0.25) is 5.02 Å². The quantitative estimate of drug-likeness (QED) is 0.766. The van der Waals surface area contributed by atoms with E-state index in [1.165, 1.54) is 5.56 Å². The normalized spacial score (nSPS) is 18.7. The van der Waals surface area contributed by atoms with Crippen molar-refractivity contribution < 1.29 is 4.79 Å². The Morgan fingerprint density at radius 2 is 2.15 bits per heavy atom. The Morgan fingerprint density at radius 1 is 1.37 bits per heavy atom. The van der Waals surface area contributed by atoms with E-state index in [1.807, 2.05) is 36.2 Å². The monoisotopic (exact) mass is 387 g/mol. The van der Waals surface area contributed by atoms with Crippen LogP contribution in [0.15, 0.2) is 30.5 Å². The third kappa shape index (κ3) is 4.73. The topological polar surface area (TPSA) is 49.0 Å². The Bertz CT molecular complexity index is 793. The van der Waals surface area contributed by atoms with Crippen molar-refractivity contribution in [2.45, 2.75) is 59.4 Å². The number of likely N-dealkylation sites (tertiary alicyclic amines) is 1. The number of benzene rings is 1. The van der Waals surface area contributed by atoms with Gasteiger partial charge in [0.25, 0.3) is 0 Å². The molecule has 2 unspecified atom stereocenters. The van der Waals surface area contributed by atoms with Crippen molar-refractivity contribution in [2.24, 2.45) is 11.3 Å². The van der Waals surface area contributed by atoms with Gasteiger partial charge < -0.3 is 9.88 Å². The van der Waals surface area contributed by atoms with Crippen LogP contribution in [-0.2, 0) is 17.6 Å². The molecule has 1 saturated heterocycles. The van der Waals surface area contributed by atoms with Gasteiger partial charge in [-0.1, -0.05) is 51.4 Å². The molecule has 5 heteroatoms. The summed E-state index contributed by atoms with van der Waals surface area (Å²) in [5.41, 5.74) is 2.29. The van der Waals surface area contributed by atoms with Gasteiger partial charge in [0.2, 0.25) is 5.91 Å². The van der Waals surface area contributed by atoms with Crippen LogP contribution in [0.4, 0.5) is 0 Å². The van der Waals surface area contributed by atoms with Crippen LogP contribution in [0.3, 0.4) is 0 Å². The molecule has 1 aromatic heterocycles. The second-order valence-electron chi connectivity index (χ2n) is 8.70. The molecule has 1 fully saturated rings. The Morgan fingerprint density at radius 3 is 2.85 bits per heavy atom. The number of halogens is 1. The standard InChI is InChI=1S/C22H30ClN3O/c1-15(22(2,3)4)21(27)26-12-6-9-19(26)20-24-14-18(25-20)11-10-16-7-5-8-17(23)13-16/h5,7-8,13-15,19H,6,9-12H2,1-4H3,(H,24,25). The van der Waals surface area contributed by atoms with E-state index < -0.39 is 0 Å². The molecule has 27 heavy (non-hydrogen) atoms. The van der Waals surface area contributed by atoms with Crippen molar-refractivity contribution in [1.29, 1.82) is 0 Å². The van der Waals surface area contributed by atoms with Crippen LogP contribution < -0.4 is 0 Å². The summed E-state index contributed by atoms with van der Waals surface area (Å²) in [5.74, 6) is 1.15. The number of nitrogens with zero attached hydrogens (tertiary/aromatic N) is 2. The fourth-order valence-electron chi connectivity index (χ4n) is 3.58. The average molecular weight is 388 g/mol. The SMILES string of the molecule is CC(C(=O)N1CCCC1c1ncc(CCc2cccc(Cl)c2)[nH]1)C(C)(C)C. The summed E-state index contributed by atoms with van der Waals surface area (Å²) < 4.78 is 0. The van der Waals surface area contributed by atoms with Gasteiger partial charge in [0.05, 0.1) is 6.04 Å². The molecule has 3 rings (SSSR count). The first-order chi connectivity index (χ1) is 12.8. The molecule has 0 spiro atoms. The summed E-state index contributed by atoms with van der Waals surface area (Å²) >= 11 is 6.06. The molecule has 0 radical (unpaired) electrons. The molecule has 0 bridgehead atoms. The van der Waals surface area contributed by atoms with Gasteiger partial charge in [-0.25, -0.2) is 4.98 Å². The third-order valence-corrected chi connectivity index (χ3v) is 5.98. The maximum Gasteiger partial charge on any atom is 0.226 e. The zero-order chi connectivity index (χ0) is 19.6. The van der Waals surface area contributed by atoms with Crippen molar-refractivity contribution in [3.8, 4) is 0 Å². The molecule has 2 atom stereocenters. The Hall–Kier alpha value is -1.81. The highest BCUT2D eigenvalue weighted by atomic mass is 35.5. The van der Waals surface area contributed by atoms with Gasteiger partial charge in [-0.15, -0.1) is 0 Å². The van der Waals surface area contributed by atoms with E-state index in [0.29, 0.717) is 0 Å². The number of nitrogens with one attached hydrogen (secondary N) is 1. The summed E-state index contributed by atoms with van der Waals surface area (Å²) in [6.07, 6.45) is 5.71. The van der Waals surface area contributed by atoms with Crippen molar-refractivity contribution >= 4 is 17.5 Å². The second-order valence-corrected chi connectivity index (χ2v) is 9.14. The Balaban J connectivity index is 1.67. The number of amides is 1. The maximum atomic E-state index is 13.0. The van der Waals surface area contributed by atoms with Crippen LogP contribution in [0, 0.1) is 11.3 Å². The zero-order valence-electron chi connectivity index (χ0n) is 16.8. The van der Waals surface area contributed by atoms with Crippen LogP contribution in [0.5, 0.6) is 0 Å². The van der Waals surface area contributed by atoms with E-state index >= 15 is 0 Å². The lowest BCUT2D eigenvalue weighted by molar-refractivity contribution is -0.139. The van der Waals surface area contributed by atoms with E-state index in [-0.39, 0.29) is 23.3 Å². The number of hydrogen-bond acceptors (Lipinski definition) is 2. The van der Waals surface area contributed by atoms with Crippen molar-refractivity contribution in [3.63, 3.8) is 0 Å². The molecule has 1 aliphatic rings. The smallest absolute Gasteiger partial charge is 0.226 e. The van der Waals surface area contributed by atoms with E-state index in [1.54, 1.807) is 0 Å². The van der Waals surface area contributed by atoms with Crippen LogP contribution in [0.25, 0.3) is 0 Å². The molecule has 0 saturated carbocycles. The van der Waals surface area contributed by atoms with Crippen LogP contribution in [-0.4, -0.2) is 27.3 Å². The van der Waals surface area contributed by atoms with Gasteiger partial charge in [0.15, 0.2) is 0 Å². The van der Waals surface area contributed by atoms with Gasteiger partial charge in [0, 0.05) is 29.4 Å². The number of carbonyl (C=O) groups is 1. The molecular weight excluding hydrogens is 358 g/mol. The fraction of sp³-hybridized carbons (Fsp3) is 0.545. The molecule has 1 N–H and O–H groups in total. The number of imidazole rings is 1. The zero-order valence-corrected chi connectivity index (χ0v) is 17.5. The lowest BCUT2D eigenvalue weighted by Crippen LogP contribution is -2.39. The number of H-pyrrole nitrogens is 1. The number of hydrogen-bond donors (Lipinski definition) is 1. The van der Waals surface area contributed by atoms with Gasteiger partial charge in [0.1, 0.15) is 5.82 Å². The first-order valence-corrected chi connectivity index (χ1v) is 10.2. The molecule has 1 amide bonds. The van der Waals surface area contributed by atoms with Crippen molar-refractivity contribution in [2.75, 3.05) is 6.54 Å². The van der Waals surface area contributed by atoms with E-state index in [4.69, 9.17) is 11.6 Å². The number of aromatic nitrogens is 2. The average Bonchev–Trinajstić information content (AvgIpc) is 3.26. The van der Waals surface area contributed by atoms with Crippen LogP contribution >= 0.6 is 11.6 Å². The van der Waals surface area contributed by atoms with E-state index in [9.17, 15) is 4.79 Å². The minimum absolute atomic E-state index is 0.00429. The predicted octanol–water partition coefficient (Wildman–Crippen LogP) is 5.19. The second kappa shape index (κ2) is 8.05. The summed E-state index contributed by atoms with van der Waals surface area (Å²) in [5, 5.41) is 0.769.